The van der Waals surface area contributed by atoms with Gasteiger partial charge in [0.2, 0.25) is 0 Å². The molecule has 1 aliphatic heterocycles. The summed E-state index contributed by atoms with van der Waals surface area (Å²) in [5, 5.41) is 17.2. The number of anilines is 1. The van der Waals surface area contributed by atoms with Crippen LogP contribution in [0.15, 0.2) is 30.5 Å². The van der Waals surface area contributed by atoms with Crippen molar-refractivity contribution in [1.82, 2.24) is 30.0 Å². The van der Waals surface area contributed by atoms with Crippen LogP contribution < -0.4 is 5.73 Å². The summed E-state index contributed by atoms with van der Waals surface area (Å²) < 4.78 is 0. The SMILES string of the molecule is Nc1nc2cc(-c3cc[nH]n3)ccc2c2[nH]c(C3CCCN(C(=O)O)C3)nc12. The number of rotatable bonds is 2. The first-order chi connectivity index (χ1) is 13.6. The van der Waals surface area contributed by atoms with Gasteiger partial charge in [0.1, 0.15) is 11.3 Å². The zero-order valence-electron chi connectivity index (χ0n) is 15.0. The Bertz CT molecular complexity index is 1180. The van der Waals surface area contributed by atoms with Crippen LogP contribution in [0.3, 0.4) is 0 Å². The Morgan fingerprint density at radius 1 is 1.29 bits per heavy atom. The molecular formula is C19H19N7O2. The highest BCUT2D eigenvalue weighted by atomic mass is 16.4. The number of fused-ring (bicyclic) bond motifs is 3. The molecular weight excluding hydrogens is 358 g/mol. The second kappa shape index (κ2) is 6.22. The number of nitrogen functional groups attached to an aromatic ring is 1. The van der Waals surface area contributed by atoms with Gasteiger partial charge in [-0.05, 0) is 31.0 Å². The van der Waals surface area contributed by atoms with Gasteiger partial charge in [-0.3, -0.25) is 5.10 Å². The van der Waals surface area contributed by atoms with E-state index >= 15 is 0 Å². The molecule has 1 fully saturated rings. The van der Waals surface area contributed by atoms with Crippen molar-refractivity contribution in [3.05, 3.63) is 36.3 Å². The molecule has 0 spiro atoms. The number of piperidine rings is 1. The lowest BCUT2D eigenvalue weighted by Crippen LogP contribution is -2.38. The van der Waals surface area contributed by atoms with Crippen molar-refractivity contribution < 1.29 is 9.90 Å². The highest BCUT2D eigenvalue weighted by Gasteiger charge is 2.27. The number of aromatic nitrogens is 5. The average Bonchev–Trinajstić information content (AvgIpc) is 3.38. The molecule has 1 amide bonds. The van der Waals surface area contributed by atoms with E-state index in [0.717, 1.165) is 46.3 Å². The number of aromatic amines is 2. The number of likely N-dealkylation sites (tertiary alicyclic amines) is 1. The average molecular weight is 377 g/mol. The van der Waals surface area contributed by atoms with Crippen LogP contribution in [0.2, 0.25) is 0 Å². The number of nitrogens with two attached hydrogens (primary N) is 1. The third kappa shape index (κ3) is 2.63. The Morgan fingerprint density at radius 2 is 2.18 bits per heavy atom. The first kappa shape index (κ1) is 16.5. The molecule has 1 aliphatic rings. The number of H-pyrrole nitrogens is 2. The summed E-state index contributed by atoms with van der Waals surface area (Å²) in [6, 6.07) is 7.83. The smallest absolute Gasteiger partial charge is 0.407 e. The molecule has 1 saturated heterocycles. The Balaban J connectivity index is 1.60. The van der Waals surface area contributed by atoms with Gasteiger partial charge in [0.15, 0.2) is 5.82 Å². The number of pyridine rings is 1. The van der Waals surface area contributed by atoms with Gasteiger partial charge in [0.05, 0.1) is 16.7 Å². The van der Waals surface area contributed by atoms with Gasteiger partial charge in [0.25, 0.3) is 0 Å². The van der Waals surface area contributed by atoms with Gasteiger partial charge in [-0.1, -0.05) is 6.07 Å². The molecule has 9 nitrogen and oxygen atoms in total. The zero-order valence-corrected chi connectivity index (χ0v) is 15.0. The lowest BCUT2D eigenvalue weighted by Gasteiger charge is -2.29. The predicted octanol–water partition coefficient (Wildman–Crippen LogP) is 2.94. The minimum absolute atomic E-state index is 0.0232. The highest BCUT2D eigenvalue weighted by Crippen LogP contribution is 2.32. The Hall–Kier alpha value is -3.62. The summed E-state index contributed by atoms with van der Waals surface area (Å²) in [5.74, 6) is 1.14. The molecule has 0 aliphatic carbocycles. The van der Waals surface area contributed by atoms with Gasteiger partial charge in [-0.25, -0.2) is 14.8 Å². The number of amides is 1. The third-order valence-corrected chi connectivity index (χ3v) is 5.35. The van der Waals surface area contributed by atoms with Crippen LogP contribution in [0.5, 0.6) is 0 Å². The fourth-order valence-corrected chi connectivity index (χ4v) is 3.94. The molecule has 9 heteroatoms. The maximum absolute atomic E-state index is 11.3. The fourth-order valence-electron chi connectivity index (χ4n) is 3.94. The van der Waals surface area contributed by atoms with E-state index in [-0.39, 0.29) is 5.92 Å². The van der Waals surface area contributed by atoms with E-state index in [4.69, 9.17) is 5.73 Å². The lowest BCUT2D eigenvalue weighted by molar-refractivity contribution is 0.129. The van der Waals surface area contributed by atoms with E-state index in [9.17, 15) is 9.90 Å². The maximum atomic E-state index is 11.3. The second-order valence-electron chi connectivity index (χ2n) is 7.10. The summed E-state index contributed by atoms with van der Waals surface area (Å²) in [6.45, 7) is 0.998. The molecule has 4 aromatic rings. The Kier molecular flexibility index (Phi) is 3.68. The zero-order chi connectivity index (χ0) is 19.3. The van der Waals surface area contributed by atoms with Gasteiger partial charge < -0.3 is 20.7 Å². The molecule has 0 radical (unpaired) electrons. The van der Waals surface area contributed by atoms with E-state index in [0.29, 0.717) is 24.4 Å². The topological polar surface area (TPSA) is 137 Å². The van der Waals surface area contributed by atoms with Crippen molar-refractivity contribution in [2.24, 2.45) is 0 Å². The summed E-state index contributed by atoms with van der Waals surface area (Å²) in [7, 11) is 0. The van der Waals surface area contributed by atoms with Crippen LogP contribution >= 0.6 is 0 Å². The molecule has 1 atom stereocenters. The summed E-state index contributed by atoms with van der Waals surface area (Å²) in [4.78, 5) is 25.4. The van der Waals surface area contributed by atoms with Crippen LogP contribution in [-0.4, -0.2) is 54.3 Å². The molecule has 3 aromatic heterocycles. The third-order valence-electron chi connectivity index (χ3n) is 5.35. The molecule has 1 aromatic carbocycles. The summed E-state index contributed by atoms with van der Waals surface area (Å²) in [6.07, 6.45) is 2.59. The number of hydrogen-bond donors (Lipinski definition) is 4. The minimum Gasteiger partial charge on any atom is -0.465 e. The van der Waals surface area contributed by atoms with Crippen LogP contribution in [0.4, 0.5) is 10.6 Å². The molecule has 28 heavy (non-hydrogen) atoms. The van der Waals surface area contributed by atoms with Crippen LogP contribution in [0.25, 0.3) is 33.2 Å². The summed E-state index contributed by atoms with van der Waals surface area (Å²) >= 11 is 0. The van der Waals surface area contributed by atoms with E-state index in [2.05, 4.69) is 25.1 Å². The van der Waals surface area contributed by atoms with E-state index < -0.39 is 6.09 Å². The first-order valence-electron chi connectivity index (χ1n) is 9.17. The van der Waals surface area contributed by atoms with Crippen molar-refractivity contribution in [2.75, 3.05) is 18.8 Å². The van der Waals surface area contributed by atoms with Crippen molar-refractivity contribution >= 4 is 33.8 Å². The maximum Gasteiger partial charge on any atom is 0.407 e. The van der Waals surface area contributed by atoms with Gasteiger partial charge in [0, 0.05) is 36.2 Å². The number of benzene rings is 1. The lowest BCUT2D eigenvalue weighted by atomic mass is 9.98. The van der Waals surface area contributed by atoms with Gasteiger partial charge in [-0.15, -0.1) is 0 Å². The number of nitrogens with one attached hydrogen (secondary N) is 2. The molecule has 5 rings (SSSR count). The fraction of sp³-hybridized carbons (Fsp3) is 0.263. The number of carboxylic acid groups (broad SMARTS) is 1. The molecule has 0 saturated carbocycles. The normalized spacial score (nSPS) is 17.4. The van der Waals surface area contributed by atoms with Crippen LogP contribution in [0, 0.1) is 0 Å². The Labute approximate surface area is 159 Å². The molecule has 1 unspecified atom stereocenters. The molecule has 142 valence electrons. The van der Waals surface area contributed by atoms with Crippen molar-refractivity contribution in [2.45, 2.75) is 18.8 Å². The van der Waals surface area contributed by atoms with Crippen molar-refractivity contribution in [1.29, 1.82) is 0 Å². The van der Waals surface area contributed by atoms with Gasteiger partial charge >= 0.3 is 6.09 Å². The quantitative estimate of drug-likeness (QED) is 0.424. The number of hydrogen-bond acceptors (Lipinski definition) is 5. The van der Waals surface area contributed by atoms with E-state index in [1.54, 1.807) is 6.20 Å². The standard InChI is InChI=1S/C19H19N7O2/c20-17-16-15(23-18(24-16)11-2-1-7-26(9-11)19(27)28)12-4-3-10(8-14(12)22-17)13-5-6-21-25-13/h3-6,8,11H,1-2,7,9H2,(H2,20,22)(H,21,25)(H,23,24)(H,27,28). The van der Waals surface area contributed by atoms with Crippen molar-refractivity contribution in [3.63, 3.8) is 0 Å². The second-order valence-corrected chi connectivity index (χ2v) is 7.10. The monoisotopic (exact) mass is 377 g/mol. The predicted molar refractivity (Wildman–Crippen MR) is 105 cm³/mol. The molecule has 0 bridgehead atoms. The van der Waals surface area contributed by atoms with Crippen molar-refractivity contribution in [3.8, 4) is 11.3 Å². The van der Waals surface area contributed by atoms with E-state index in [1.807, 2.05) is 24.3 Å². The minimum atomic E-state index is -0.890. The molecule has 4 heterocycles. The first-order valence-corrected chi connectivity index (χ1v) is 9.17. The number of nitrogens with zero attached hydrogens (tertiary/aromatic N) is 4. The summed E-state index contributed by atoms with van der Waals surface area (Å²) in [5.41, 5.74) is 10.2. The Morgan fingerprint density at radius 3 is 2.96 bits per heavy atom. The van der Waals surface area contributed by atoms with E-state index in [1.165, 1.54) is 4.90 Å². The number of imidazole rings is 1. The van der Waals surface area contributed by atoms with Crippen LogP contribution in [0.1, 0.15) is 24.6 Å². The largest absolute Gasteiger partial charge is 0.465 e. The van der Waals surface area contributed by atoms with Gasteiger partial charge in [-0.2, -0.15) is 5.10 Å². The number of carbonyl (C=O) groups is 1. The van der Waals surface area contributed by atoms with Crippen LogP contribution in [-0.2, 0) is 0 Å². The molecule has 5 N–H and O–H groups in total. The highest BCUT2D eigenvalue weighted by molar-refractivity contribution is 6.07.